The molecule has 0 radical (unpaired) electrons. The molecule has 1 heterocycles. The Balaban J connectivity index is 2.18. The second-order valence-corrected chi connectivity index (χ2v) is 2.62. The highest BCUT2D eigenvalue weighted by Crippen LogP contribution is 2.21. The Morgan fingerprint density at radius 2 is 2.70 bits per heavy atom. The molecule has 2 heteroatoms. The fourth-order valence-electron chi connectivity index (χ4n) is 1.33. The molecule has 0 saturated carbocycles. The van der Waals surface area contributed by atoms with Crippen LogP contribution >= 0.6 is 0 Å². The summed E-state index contributed by atoms with van der Waals surface area (Å²) >= 11 is 0. The number of hydrogen-bond acceptors (Lipinski definition) is 2. The SMILES string of the molecule is CC1NC2C[C+]=CC=C2O1. The summed E-state index contributed by atoms with van der Waals surface area (Å²) in [5.41, 5.74) is 0. The van der Waals surface area contributed by atoms with Crippen LogP contribution < -0.4 is 5.32 Å². The van der Waals surface area contributed by atoms with Gasteiger partial charge in [0, 0.05) is 0 Å². The Labute approximate surface area is 60.6 Å². The zero-order chi connectivity index (χ0) is 6.97. The molecule has 1 N–H and O–H groups in total. The summed E-state index contributed by atoms with van der Waals surface area (Å²) < 4.78 is 5.44. The molecule has 2 unspecified atom stereocenters. The first-order chi connectivity index (χ1) is 4.86. The summed E-state index contributed by atoms with van der Waals surface area (Å²) in [6, 6.07) is 0.389. The van der Waals surface area contributed by atoms with Crippen LogP contribution in [0.5, 0.6) is 0 Å². The van der Waals surface area contributed by atoms with Gasteiger partial charge in [-0.25, -0.2) is 0 Å². The van der Waals surface area contributed by atoms with Crippen molar-refractivity contribution < 1.29 is 4.74 Å². The molecule has 10 heavy (non-hydrogen) atoms. The van der Waals surface area contributed by atoms with Gasteiger partial charge in [-0.2, -0.15) is 0 Å². The molecule has 0 amide bonds. The van der Waals surface area contributed by atoms with E-state index in [0.29, 0.717) is 6.04 Å². The van der Waals surface area contributed by atoms with E-state index in [1.54, 1.807) is 0 Å². The maximum atomic E-state index is 5.44. The van der Waals surface area contributed by atoms with E-state index < -0.39 is 0 Å². The van der Waals surface area contributed by atoms with Crippen LogP contribution in [0, 0.1) is 6.08 Å². The lowest BCUT2D eigenvalue weighted by molar-refractivity contribution is 0.163. The van der Waals surface area contributed by atoms with Gasteiger partial charge in [-0.15, -0.1) is 0 Å². The third kappa shape index (κ3) is 0.821. The summed E-state index contributed by atoms with van der Waals surface area (Å²) in [6.45, 7) is 2.01. The smallest absolute Gasteiger partial charge is 0.202 e. The molecule has 0 aromatic heterocycles. The molecule has 1 aliphatic carbocycles. The lowest BCUT2D eigenvalue weighted by Gasteiger charge is -2.00. The molecule has 0 aromatic carbocycles. The number of allylic oxidation sites excluding steroid dienone is 2. The Kier molecular flexibility index (Phi) is 1.23. The number of nitrogens with one attached hydrogen (secondary N) is 1. The molecular formula is C8H10NO+. The highest BCUT2D eigenvalue weighted by atomic mass is 16.5. The van der Waals surface area contributed by atoms with Crippen LogP contribution in [0.15, 0.2) is 17.9 Å². The molecular weight excluding hydrogens is 126 g/mol. The predicted molar refractivity (Wildman–Crippen MR) is 38.0 cm³/mol. The summed E-state index contributed by atoms with van der Waals surface area (Å²) in [6.07, 6.45) is 8.14. The van der Waals surface area contributed by atoms with Crippen molar-refractivity contribution in [1.82, 2.24) is 5.32 Å². The number of ether oxygens (including phenoxy) is 1. The molecule has 0 aromatic rings. The molecule has 1 saturated heterocycles. The van der Waals surface area contributed by atoms with Gasteiger partial charge in [0.15, 0.2) is 6.08 Å². The minimum absolute atomic E-state index is 0.171. The van der Waals surface area contributed by atoms with Gasteiger partial charge in [0.2, 0.25) is 5.76 Å². The maximum Gasteiger partial charge on any atom is 0.202 e. The first kappa shape index (κ1) is 5.90. The number of hydrogen-bond donors (Lipinski definition) is 1. The quantitative estimate of drug-likeness (QED) is 0.501. The minimum atomic E-state index is 0.171. The molecule has 1 aliphatic heterocycles. The minimum Gasteiger partial charge on any atom is -0.460 e. The number of rotatable bonds is 0. The van der Waals surface area contributed by atoms with Gasteiger partial charge >= 0.3 is 0 Å². The van der Waals surface area contributed by atoms with Crippen molar-refractivity contribution in [3.8, 4) is 0 Å². The van der Waals surface area contributed by atoms with Gasteiger partial charge in [-0.05, 0) is 6.92 Å². The van der Waals surface area contributed by atoms with Crippen molar-refractivity contribution in [1.29, 1.82) is 0 Å². The largest absolute Gasteiger partial charge is 0.460 e. The van der Waals surface area contributed by atoms with Gasteiger partial charge in [0.25, 0.3) is 0 Å². The maximum absolute atomic E-state index is 5.44. The van der Waals surface area contributed by atoms with Crippen LogP contribution in [-0.4, -0.2) is 12.3 Å². The van der Waals surface area contributed by atoms with Crippen LogP contribution in [-0.2, 0) is 4.74 Å². The Morgan fingerprint density at radius 1 is 1.80 bits per heavy atom. The lowest BCUT2D eigenvalue weighted by Crippen LogP contribution is -2.27. The first-order valence-electron chi connectivity index (χ1n) is 3.56. The van der Waals surface area contributed by atoms with Crippen LogP contribution in [0.1, 0.15) is 13.3 Å². The van der Waals surface area contributed by atoms with Crippen molar-refractivity contribution in [2.24, 2.45) is 0 Å². The zero-order valence-corrected chi connectivity index (χ0v) is 5.92. The van der Waals surface area contributed by atoms with E-state index in [1.165, 1.54) is 0 Å². The molecule has 2 atom stereocenters. The Bertz CT molecular complexity index is 195. The average molecular weight is 136 g/mol. The van der Waals surface area contributed by atoms with Gasteiger partial charge in [-0.1, -0.05) is 0 Å². The van der Waals surface area contributed by atoms with Crippen LogP contribution in [0.4, 0.5) is 0 Å². The Morgan fingerprint density at radius 3 is 3.50 bits per heavy atom. The standard InChI is InChI=1S/C8H10NO/c1-6-9-7-4-2-3-5-8(7)10-6/h3,5-7,9H,4H2,1H3/q+1. The van der Waals surface area contributed by atoms with Crippen molar-refractivity contribution in [3.05, 3.63) is 24.0 Å². The molecule has 0 bridgehead atoms. The summed E-state index contributed by atoms with van der Waals surface area (Å²) in [7, 11) is 0. The monoisotopic (exact) mass is 136 g/mol. The summed E-state index contributed by atoms with van der Waals surface area (Å²) in [5, 5.41) is 3.28. The highest BCUT2D eigenvalue weighted by molar-refractivity contribution is 5.19. The summed E-state index contributed by atoms with van der Waals surface area (Å²) in [4.78, 5) is 0. The topological polar surface area (TPSA) is 21.3 Å². The predicted octanol–water partition coefficient (Wildman–Crippen LogP) is 0.968. The molecule has 2 aliphatic rings. The fourth-order valence-corrected chi connectivity index (χ4v) is 1.33. The van der Waals surface area contributed by atoms with E-state index in [2.05, 4.69) is 11.4 Å². The molecule has 2 nitrogen and oxygen atoms in total. The van der Waals surface area contributed by atoms with Gasteiger partial charge in [0.1, 0.15) is 24.8 Å². The molecule has 1 fully saturated rings. The normalized spacial score (nSPS) is 35.9. The van der Waals surface area contributed by atoms with Crippen LogP contribution in [0.2, 0.25) is 0 Å². The first-order valence-corrected chi connectivity index (χ1v) is 3.56. The molecule has 0 spiro atoms. The molecule has 2 rings (SSSR count). The van der Waals surface area contributed by atoms with Crippen LogP contribution in [0.3, 0.4) is 0 Å². The van der Waals surface area contributed by atoms with Gasteiger partial charge in [0.05, 0.1) is 6.08 Å². The van der Waals surface area contributed by atoms with Gasteiger partial charge in [-0.3, -0.25) is 5.32 Å². The van der Waals surface area contributed by atoms with E-state index in [9.17, 15) is 0 Å². The van der Waals surface area contributed by atoms with Crippen LogP contribution in [0.25, 0.3) is 0 Å². The van der Waals surface area contributed by atoms with Gasteiger partial charge < -0.3 is 4.74 Å². The van der Waals surface area contributed by atoms with E-state index in [0.717, 1.165) is 12.2 Å². The average Bonchev–Trinajstić information content (AvgIpc) is 2.27. The van der Waals surface area contributed by atoms with Crippen molar-refractivity contribution in [2.45, 2.75) is 25.6 Å². The zero-order valence-electron chi connectivity index (χ0n) is 5.92. The van der Waals surface area contributed by atoms with E-state index in [4.69, 9.17) is 4.74 Å². The lowest BCUT2D eigenvalue weighted by atomic mass is 10.1. The van der Waals surface area contributed by atoms with E-state index >= 15 is 0 Å². The molecule has 52 valence electrons. The second-order valence-electron chi connectivity index (χ2n) is 2.62. The third-order valence-electron chi connectivity index (χ3n) is 1.78. The van der Waals surface area contributed by atoms with Crippen molar-refractivity contribution >= 4 is 0 Å². The van der Waals surface area contributed by atoms with Crippen molar-refractivity contribution in [3.63, 3.8) is 0 Å². The van der Waals surface area contributed by atoms with Crippen molar-refractivity contribution in [2.75, 3.05) is 0 Å². The second kappa shape index (κ2) is 2.08. The third-order valence-corrected chi connectivity index (χ3v) is 1.78. The van der Waals surface area contributed by atoms with E-state index in [-0.39, 0.29) is 6.23 Å². The van der Waals surface area contributed by atoms with E-state index in [1.807, 2.05) is 19.1 Å². The Hall–Kier alpha value is -0.850. The summed E-state index contributed by atoms with van der Waals surface area (Å²) in [5.74, 6) is 1.06. The number of fused-ring (bicyclic) bond motifs is 1. The fraction of sp³-hybridized carbons (Fsp3) is 0.500. The highest BCUT2D eigenvalue weighted by Gasteiger charge is 2.32.